The van der Waals surface area contributed by atoms with E-state index in [9.17, 15) is 0 Å². The molecular formula is C17H16ClN3O. The number of rotatable bonds is 5. The molecule has 0 unspecified atom stereocenters. The number of ether oxygens (including phenoxy) is 1. The number of halogens is 1. The molecule has 112 valence electrons. The molecule has 0 amide bonds. The van der Waals surface area contributed by atoms with Gasteiger partial charge in [-0.05, 0) is 36.4 Å². The molecule has 0 radical (unpaired) electrons. The lowest BCUT2D eigenvalue weighted by atomic mass is 10.2. The first-order chi connectivity index (χ1) is 10.8. The van der Waals surface area contributed by atoms with Gasteiger partial charge in [-0.2, -0.15) is 5.10 Å². The first kappa shape index (κ1) is 14.5. The summed E-state index contributed by atoms with van der Waals surface area (Å²) in [7, 11) is 1.66. The van der Waals surface area contributed by atoms with E-state index in [0.29, 0.717) is 11.6 Å². The summed E-state index contributed by atoms with van der Waals surface area (Å²) in [5.41, 5.74) is 2.99. The summed E-state index contributed by atoms with van der Waals surface area (Å²) < 4.78 is 7.21. The number of hydrogen-bond donors (Lipinski definition) is 1. The van der Waals surface area contributed by atoms with Crippen LogP contribution in [0.1, 0.15) is 5.56 Å². The van der Waals surface area contributed by atoms with Gasteiger partial charge in [0.1, 0.15) is 5.75 Å². The average Bonchev–Trinajstić information content (AvgIpc) is 3.07. The van der Waals surface area contributed by atoms with Crippen LogP contribution in [-0.4, -0.2) is 16.9 Å². The second-order valence-electron chi connectivity index (χ2n) is 4.78. The summed E-state index contributed by atoms with van der Waals surface area (Å²) >= 11 is 6.07. The quantitative estimate of drug-likeness (QED) is 0.769. The zero-order valence-electron chi connectivity index (χ0n) is 12.2. The summed E-state index contributed by atoms with van der Waals surface area (Å²) in [4.78, 5) is 0. The number of para-hydroxylation sites is 2. The van der Waals surface area contributed by atoms with Crippen molar-refractivity contribution in [3.63, 3.8) is 0 Å². The summed E-state index contributed by atoms with van der Waals surface area (Å²) in [6.07, 6.45) is 3.68. The fourth-order valence-corrected chi connectivity index (χ4v) is 2.50. The Hall–Kier alpha value is -2.46. The van der Waals surface area contributed by atoms with Gasteiger partial charge in [0.2, 0.25) is 0 Å². The zero-order valence-corrected chi connectivity index (χ0v) is 12.9. The van der Waals surface area contributed by atoms with Gasteiger partial charge in [-0.15, -0.1) is 0 Å². The Morgan fingerprint density at radius 2 is 2.05 bits per heavy atom. The van der Waals surface area contributed by atoms with Crippen LogP contribution in [0.25, 0.3) is 5.69 Å². The van der Waals surface area contributed by atoms with Gasteiger partial charge in [-0.3, -0.25) is 0 Å². The van der Waals surface area contributed by atoms with Crippen LogP contribution < -0.4 is 10.1 Å². The third-order valence-corrected chi connectivity index (χ3v) is 3.60. The Balaban J connectivity index is 1.85. The molecule has 1 aromatic heterocycles. The summed E-state index contributed by atoms with van der Waals surface area (Å²) in [5.74, 6) is 0.813. The Morgan fingerprint density at radius 3 is 2.82 bits per heavy atom. The van der Waals surface area contributed by atoms with E-state index in [-0.39, 0.29) is 0 Å². The Morgan fingerprint density at radius 1 is 1.18 bits per heavy atom. The lowest BCUT2D eigenvalue weighted by molar-refractivity contribution is 0.410. The second-order valence-corrected chi connectivity index (χ2v) is 5.21. The molecule has 0 aliphatic carbocycles. The van der Waals surface area contributed by atoms with E-state index in [1.807, 2.05) is 59.4 Å². The van der Waals surface area contributed by atoms with E-state index in [4.69, 9.17) is 16.3 Å². The lowest BCUT2D eigenvalue weighted by Gasteiger charge is -2.14. The van der Waals surface area contributed by atoms with E-state index in [1.54, 1.807) is 13.3 Å². The molecule has 1 N–H and O–H groups in total. The molecule has 3 rings (SSSR count). The first-order valence-electron chi connectivity index (χ1n) is 6.93. The molecule has 0 aliphatic heterocycles. The van der Waals surface area contributed by atoms with Crippen molar-refractivity contribution in [2.45, 2.75) is 6.54 Å². The maximum Gasteiger partial charge on any atom is 0.123 e. The molecule has 0 atom stereocenters. The number of aromatic nitrogens is 2. The largest absolute Gasteiger partial charge is 0.496 e. The van der Waals surface area contributed by atoms with E-state index < -0.39 is 0 Å². The smallest absolute Gasteiger partial charge is 0.123 e. The van der Waals surface area contributed by atoms with Crippen LogP contribution in [0.4, 0.5) is 5.69 Å². The normalized spacial score (nSPS) is 10.5. The highest BCUT2D eigenvalue weighted by Crippen LogP contribution is 2.25. The number of benzene rings is 2. The molecule has 0 spiro atoms. The van der Waals surface area contributed by atoms with Crippen molar-refractivity contribution in [2.75, 3.05) is 12.4 Å². The van der Waals surface area contributed by atoms with Gasteiger partial charge >= 0.3 is 0 Å². The lowest BCUT2D eigenvalue weighted by Crippen LogP contribution is -2.05. The van der Waals surface area contributed by atoms with Gasteiger partial charge in [-0.1, -0.05) is 23.7 Å². The van der Waals surface area contributed by atoms with Crippen LogP contribution in [0.2, 0.25) is 5.02 Å². The van der Waals surface area contributed by atoms with Gasteiger partial charge < -0.3 is 10.1 Å². The average molecular weight is 314 g/mol. The monoisotopic (exact) mass is 313 g/mol. The van der Waals surface area contributed by atoms with Crippen molar-refractivity contribution in [3.05, 3.63) is 71.5 Å². The van der Waals surface area contributed by atoms with Crippen molar-refractivity contribution >= 4 is 17.3 Å². The highest BCUT2D eigenvalue weighted by Gasteiger charge is 2.07. The minimum absolute atomic E-state index is 0.613. The van der Waals surface area contributed by atoms with Crippen LogP contribution >= 0.6 is 11.6 Å². The summed E-state index contributed by atoms with van der Waals surface area (Å²) in [5, 5.41) is 8.39. The molecule has 0 bridgehead atoms. The minimum Gasteiger partial charge on any atom is -0.496 e. The van der Waals surface area contributed by atoms with E-state index in [0.717, 1.165) is 22.7 Å². The molecule has 3 aromatic rings. The van der Waals surface area contributed by atoms with Gasteiger partial charge in [0, 0.05) is 29.5 Å². The molecule has 4 nitrogen and oxygen atoms in total. The van der Waals surface area contributed by atoms with Crippen molar-refractivity contribution in [1.82, 2.24) is 9.78 Å². The van der Waals surface area contributed by atoms with Gasteiger partial charge in [-0.25, -0.2) is 4.68 Å². The number of anilines is 1. The van der Waals surface area contributed by atoms with Gasteiger partial charge in [0.25, 0.3) is 0 Å². The topological polar surface area (TPSA) is 39.1 Å². The van der Waals surface area contributed by atoms with Crippen LogP contribution in [0.3, 0.4) is 0 Å². The maximum atomic E-state index is 6.07. The SMILES string of the molecule is COc1ccc(Cl)cc1CNc1ccccc1-n1cccn1. The van der Waals surface area contributed by atoms with E-state index in [2.05, 4.69) is 10.4 Å². The van der Waals surface area contributed by atoms with E-state index >= 15 is 0 Å². The first-order valence-corrected chi connectivity index (χ1v) is 7.31. The third kappa shape index (κ3) is 3.07. The van der Waals surface area contributed by atoms with Crippen LogP contribution in [0.15, 0.2) is 60.9 Å². The molecule has 1 heterocycles. The van der Waals surface area contributed by atoms with Crippen LogP contribution in [0.5, 0.6) is 5.75 Å². The molecule has 0 aliphatic rings. The Bertz CT molecular complexity index is 756. The molecule has 2 aromatic carbocycles. The predicted octanol–water partition coefficient (Wildman–Crippen LogP) is 4.15. The predicted molar refractivity (Wildman–Crippen MR) is 88.9 cm³/mol. The van der Waals surface area contributed by atoms with E-state index in [1.165, 1.54) is 0 Å². The maximum absolute atomic E-state index is 6.07. The molecule has 5 heteroatoms. The fourth-order valence-electron chi connectivity index (χ4n) is 2.31. The van der Waals surface area contributed by atoms with Crippen LogP contribution in [-0.2, 0) is 6.54 Å². The van der Waals surface area contributed by atoms with Gasteiger partial charge in [0.15, 0.2) is 0 Å². The fraction of sp³-hybridized carbons (Fsp3) is 0.118. The number of hydrogen-bond acceptors (Lipinski definition) is 3. The van der Waals surface area contributed by atoms with Crippen molar-refractivity contribution in [2.24, 2.45) is 0 Å². The highest BCUT2D eigenvalue weighted by molar-refractivity contribution is 6.30. The Labute approximate surface area is 134 Å². The summed E-state index contributed by atoms with van der Waals surface area (Å²) in [6, 6.07) is 15.5. The van der Waals surface area contributed by atoms with Crippen molar-refractivity contribution in [1.29, 1.82) is 0 Å². The molecule has 0 saturated heterocycles. The van der Waals surface area contributed by atoms with Crippen molar-refractivity contribution in [3.8, 4) is 11.4 Å². The summed E-state index contributed by atoms with van der Waals surface area (Å²) in [6.45, 7) is 0.613. The second kappa shape index (κ2) is 6.54. The number of methoxy groups -OCH3 is 1. The molecular weight excluding hydrogens is 298 g/mol. The number of nitrogens with one attached hydrogen (secondary N) is 1. The third-order valence-electron chi connectivity index (χ3n) is 3.37. The molecule has 22 heavy (non-hydrogen) atoms. The number of nitrogens with zero attached hydrogens (tertiary/aromatic N) is 2. The van der Waals surface area contributed by atoms with Gasteiger partial charge in [0.05, 0.1) is 18.5 Å². The highest BCUT2D eigenvalue weighted by atomic mass is 35.5. The van der Waals surface area contributed by atoms with Crippen LogP contribution in [0, 0.1) is 0 Å². The molecule has 0 fully saturated rings. The standard InChI is InChI=1S/C17H16ClN3O/c1-22-17-8-7-14(18)11-13(17)12-19-15-5-2-3-6-16(15)21-10-4-9-20-21/h2-11,19H,12H2,1H3. The Kier molecular flexibility index (Phi) is 4.30. The van der Waals surface area contributed by atoms with Crippen molar-refractivity contribution < 1.29 is 4.74 Å². The minimum atomic E-state index is 0.613. The zero-order chi connectivity index (χ0) is 15.4. The molecule has 0 saturated carbocycles.